The van der Waals surface area contributed by atoms with Gasteiger partial charge in [0, 0.05) is 38.3 Å². The number of hydrogen-bond donors (Lipinski definition) is 0. The molecule has 0 spiro atoms. The summed E-state index contributed by atoms with van der Waals surface area (Å²) in [6, 6.07) is 18.7. The maximum Gasteiger partial charge on any atom is 0.162 e. The summed E-state index contributed by atoms with van der Waals surface area (Å²) < 4.78 is 0. The van der Waals surface area contributed by atoms with Crippen LogP contribution in [0.3, 0.4) is 0 Å². The molecule has 0 amide bonds. The van der Waals surface area contributed by atoms with Gasteiger partial charge in [-0.15, -0.1) is 0 Å². The molecule has 1 fully saturated rings. The fraction of sp³-hybridized carbons (Fsp3) is 0.480. The van der Waals surface area contributed by atoms with Crippen LogP contribution in [0.15, 0.2) is 54.6 Å². The molecular weight excluding hydrogens is 344 g/mol. The zero-order valence-electron chi connectivity index (χ0n) is 17.4. The summed E-state index contributed by atoms with van der Waals surface area (Å²) in [5.74, 6) is 1.12. The molecule has 1 aliphatic heterocycles. The summed E-state index contributed by atoms with van der Waals surface area (Å²) >= 11 is 0. The molecule has 150 valence electrons. The van der Waals surface area contributed by atoms with Crippen molar-refractivity contribution in [3.8, 4) is 0 Å². The van der Waals surface area contributed by atoms with Crippen molar-refractivity contribution in [2.24, 2.45) is 5.92 Å². The summed E-state index contributed by atoms with van der Waals surface area (Å²) in [4.78, 5) is 17.0. The van der Waals surface area contributed by atoms with E-state index in [0.29, 0.717) is 6.42 Å². The van der Waals surface area contributed by atoms with Gasteiger partial charge in [-0.2, -0.15) is 0 Å². The van der Waals surface area contributed by atoms with Gasteiger partial charge in [-0.05, 0) is 68.1 Å². The number of nitrogens with zero attached hydrogens (tertiary/aromatic N) is 2. The smallest absolute Gasteiger partial charge is 0.162 e. The predicted octanol–water partition coefficient (Wildman–Crippen LogP) is 5.41. The van der Waals surface area contributed by atoms with Gasteiger partial charge in [-0.3, -0.25) is 9.69 Å². The van der Waals surface area contributed by atoms with Crippen molar-refractivity contribution >= 4 is 11.5 Å². The lowest BCUT2D eigenvalue weighted by atomic mass is 9.90. The molecule has 0 saturated carbocycles. The molecule has 2 aromatic rings. The Bertz CT molecular complexity index is 716. The van der Waals surface area contributed by atoms with Gasteiger partial charge in [0.2, 0.25) is 0 Å². The molecule has 0 aromatic heterocycles. The second kappa shape index (κ2) is 10.4. The minimum Gasteiger partial charge on any atom is -0.378 e. The summed E-state index contributed by atoms with van der Waals surface area (Å²) in [6.45, 7) is 3.49. The fourth-order valence-corrected chi connectivity index (χ4v) is 4.08. The minimum absolute atomic E-state index is 0.281. The van der Waals surface area contributed by atoms with Crippen molar-refractivity contribution in [2.75, 3.05) is 32.1 Å². The number of carbonyl (C=O) groups is 1. The number of carbonyl (C=O) groups excluding carboxylic acids is 1. The number of unbranched alkanes of at least 4 members (excludes halogenated alkanes) is 1. The first-order chi connectivity index (χ1) is 13.6. The highest BCUT2D eigenvalue weighted by molar-refractivity contribution is 5.96. The second-order valence-electron chi connectivity index (χ2n) is 8.32. The SMILES string of the molecule is CN(C)c1ccc(C(=O)CCCCC2CCN(Cc3ccccc3)CC2)cc1. The first kappa shape index (κ1) is 20.6. The predicted molar refractivity (Wildman–Crippen MR) is 118 cm³/mol. The van der Waals surface area contributed by atoms with Crippen LogP contribution in [0.25, 0.3) is 0 Å². The van der Waals surface area contributed by atoms with Crippen LogP contribution in [0, 0.1) is 5.92 Å². The monoisotopic (exact) mass is 378 g/mol. The molecule has 1 heterocycles. The fourth-order valence-electron chi connectivity index (χ4n) is 4.08. The summed E-state index contributed by atoms with van der Waals surface area (Å²) in [5, 5.41) is 0. The van der Waals surface area contributed by atoms with Crippen LogP contribution in [0.5, 0.6) is 0 Å². The van der Waals surface area contributed by atoms with E-state index in [2.05, 4.69) is 40.1 Å². The van der Waals surface area contributed by atoms with Gasteiger partial charge >= 0.3 is 0 Å². The van der Waals surface area contributed by atoms with E-state index >= 15 is 0 Å². The van der Waals surface area contributed by atoms with Crippen molar-refractivity contribution in [1.82, 2.24) is 4.90 Å². The number of likely N-dealkylation sites (tertiary alicyclic amines) is 1. The number of ketones is 1. The van der Waals surface area contributed by atoms with E-state index in [1.807, 2.05) is 38.4 Å². The van der Waals surface area contributed by atoms with Crippen molar-refractivity contribution in [3.05, 3.63) is 65.7 Å². The number of rotatable bonds is 9. The number of Topliss-reactive ketones (excluding diaryl/α,β-unsaturated/α-hetero) is 1. The average Bonchev–Trinajstić information content (AvgIpc) is 2.73. The quantitative estimate of drug-likeness (QED) is 0.431. The molecule has 0 radical (unpaired) electrons. The molecule has 0 atom stereocenters. The van der Waals surface area contributed by atoms with Gasteiger partial charge in [0.1, 0.15) is 0 Å². The van der Waals surface area contributed by atoms with E-state index in [-0.39, 0.29) is 5.78 Å². The second-order valence-corrected chi connectivity index (χ2v) is 8.32. The summed E-state index contributed by atoms with van der Waals surface area (Å²) in [5.41, 5.74) is 3.40. The van der Waals surface area contributed by atoms with Gasteiger partial charge < -0.3 is 4.90 Å². The number of piperidine rings is 1. The maximum absolute atomic E-state index is 12.4. The van der Waals surface area contributed by atoms with Crippen LogP contribution >= 0.6 is 0 Å². The molecule has 1 aliphatic rings. The lowest BCUT2D eigenvalue weighted by Crippen LogP contribution is -2.33. The standard InChI is InChI=1S/C25H34N2O/c1-26(2)24-14-12-23(13-15-24)25(28)11-7-6-8-21-16-18-27(19-17-21)20-22-9-4-3-5-10-22/h3-5,9-10,12-15,21H,6-8,11,16-20H2,1-2H3. The molecule has 3 nitrogen and oxygen atoms in total. The summed E-state index contributed by atoms with van der Waals surface area (Å²) in [6.07, 6.45) is 6.73. The lowest BCUT2D eigenvalue weighted by Gasteiger charge is -2.32. The van der Waals surface area contributed by atoms with Gasteiger partial charge in [-0.25, -0.2) is 0 Å². The van der Waals surface area contributed by atoms with Crippen molar-refractivity contribution in [1.29, 1.82) is 0 Å². The molecule has 0 unspecified atom stereocenters. The van der Waals surface area contributed by atoms with Crippen LogP contribution < -0.4 is 4.90 Å². The van der Waals surface area contributed by atoms with Gasteiger partial charge in [0.15, 0.2) is 5.78 Å². The Balaban J connectivity index is 1.31. The molecule has 2 aromatic carbocycles. The van der Waals surface area contributed by atoms with Crippen LogP contribution in [-0.2, 0) is 6.54 Å². The van der Waals surface area contributed by atoms with Crippen LogP contribution in [0.2, 0.25) is 0 Å². The average molecular weight is 379 g/mol. The largest absolute Gasteiger partial charge is 0.378 e. The highest BCUT2D eigenvalue weighted by Crippen LogP contribution is 2.24. The summed E-state index contributed by atoms with van der Waals surface area (Å²) in [7, 11) is 4.03. The Morgan fingerprint density at radius 1 is 0.964 bits per heavy atom. The third kappa shape index (κ3) is 6.20. The Hall–Kier alpha value is -2.13. The van der Waals surface area contributed by atoms with Gasteiger partial charge in [0.25, 0.3) is 0 Å². The van der Waals surface area contributed by atoms with Crippen LogP contribution in [0.1, 0.15) is 54.4 Å². The number of anilines is 1. The third-order valence-corrected chi connectivity index (χ3v) is 5.93. The Morgan fingerprint density at radius 3 is 2.29 bits per heavy atom. The topological polar surface area (TPSA) is 23.6 Å². The van der Waals surface area contributed by atoms with Crippen LogP contribution in [-0.4, -0.2) is 37.9 Å². The Labute approximate surface area is 170 Å². The maximum atomic E-state index is 12.4. The Kier molecular flexibility index (Phi) is 7.67. The molecular formula is C25H34N2O. The van der Waals surface area contributed by atoms with Gasteiger partial charge in [0.05, 0.1) is 0 Å². The van der Waals surface area contributed by atoms with Crippen molar-refractivity contribution in [2.45, 2.75) is 45.1 Å². The van der Waals surface area contributed by atoms with E-state index in [1.54, 1.807) is 0 Å². The van der Waals surface area contributed by atoms with Crippen LogP contribution in [0.4, 0.5) is 5.69 Å². The van der Waals surface area contributed by atoms with E-state index < -0.39 is 0 Å². The first-order valence-electron chi connectivity index (χ1n) is 10.7. The molecule has 0 aliphatic carbocycles. The van der Waals surface area contributed by atoms with Crippen molar-refractivity contribution < 1.29 is 4.79 Å². The third-order valence-electron chi connectivity index (χ3n) is 5.93. The van der Waals surface area contributed by atoms with Gasteiger partial charge in [-0.1, -0.05) is 43.2 Å². The van der Waals surface area contributed by atoms with Crippen molar-refractivity contribution in [3.63, 3.8) is 0 Å². The van der Waals surface area contributed by atoms with E-state index in [4.69, 9.17) is 0 Å². The highest BCUT2D eigenvalue weighted by Gasteiger charge is 2.19. The zero-order chi connectivity index (χ0) is 19.8. The lowest BCUT2D eigenvalue weighted by molar-refractivity contribution is 0.0977. The number of hydrogen-bond acceptors (Lipinski definition) is 3. The normalized spacial score (nSPS) is 15.5. The zero-order valence-corrected chi connectivity index (χ0v) is 17.4. The van der Waals surface area contributed by atoms with E-state index in [1.165, 1.54) is 44.3 Å². The molecule has 0 bridgehead atoms. The molecule has 3 rings (SSSR count). The molecule has 3 heteroatoms. The molecule has 28 heavy (non-hydrogen) atoms. The minimum atomic E-state index is 0.281. The Morgan fingerprint density at radius 2 is 1.64 bits per heavy atom. The molecule has 1 saturated heterocycles. The highest BCUT2D eigenvalue weighted by atomic mass is 16.1. The van der Waals surface area contributed by atoms with E-state index in [9.17, 15) is 4.79 Å². The van der Waals surface area contributed by atoms with E-state index in [0.717, 1.165) is 30.1 Å². The molecule has 0 N–H and O–H groups in total. The first-order valence-corrected chi connectivity index (χ1v) is 10.7. The number of benzene rings is 2.